The predicted molar refractivity (Wildman–Crippen MR) is 75.9 cm³/mol. The number of furan rings is 1. The summed E-state index contributed by atoms with van der Waals surface area (Å²) in [5.74, 6) is 0.811. The van der Waals surface area contributed by atoms with Gasteiger partial charge in [-0.15, -0.1) is 0 Å². The number of hydrogen-bond donors (Lipinski definition) is 1. The van der Waals surface area contributed by atoms with Gasteiger partial charge in [0.05, 0.1) is 0 Å². The lowest BCUT2D eigenvalue weighted by Crippen LogP contribution is -2.09. The van der Waals surface area contributed by atoms with Crippen LogP contribution in [0.4, 0.5) is 0 Å². The lowest BCUT2D eigenvalue weighted by Gasteiger charge is -1.89. The smallest absolute Gasteiger partial charge is 0.284 e. The summed E-state index contributed by atoms with van der Waals surface area (Å²) in [4.78, 5) is 15.2. The van der Waals surface area contributed by atoms with Crippen molar-refractivity contribution in [3.8, 4) is 11.4 Å². The maximum Gasteiger partial charge on any atom is 0.284 e. The van der Waals surface area contributed by atoms with Crippen LogP contribution in [-0.4, -0.2) is 16.0 Å². The molecule has 0 aliphatic rings. The van der Waals surface area contributed by atoms with Crippen molar-refractivity contribution in [2.45, 2.75) is 0 Å². The maximum absolute atomic E-state index is 10.9. The second kappa shape index (κ2) is 5.46. The molecule has 1 aromatic carbocycles. The zero-order valence-corrected chi connectivity index (χ0v) is 10.9. The van der Waals surface area contributed by atoms with Crippen LogP contribution in [0.3, 0.4) is 0 Å². The second-order valence-electron chi connectivity index (χ2n) is 4.22. The van der Waals surface area contributed by atoms with Crippen LogP contribution >= 0.6 is 0 Å². The van der Waals surface area contributed by atoms with E-state index in [1.165, 1.54) is 6.07 Å². The summed E-state index contributed by atoms with van der Waals surface area (Å²) in [5.41, 5.74) is 5.97. The Hall–Kier alpha value is -3.15. The van der Waals surface area contributed by atoms with Gasteiger partial charge in [0.1, 0.15) is 5.76 Å². The van der Waals surface area contributed by atoms with Crippen molar-refractivity contribution in [1.29, 1.82) is 0 Å². The van der Waals surface area contributed by atoms with Gasteiger partial charge < -0.3 is 14.7 Å². The standard InChI is InChI=1S/C15H11N3O3/c16-14(19)12-8-6-11(20-12)7-9-13-17-15(18-21-13)10-4-2-1-3-5-10/h1-9H,(H2,16,19)/b9-7+. The largest absolute Gasteiger partial charge is 0.452 e. The number of carbonyl (C=O) groups excluding carboxylic acids is 1. The Morgan fingerprint density at radius 1 is 1.10 bits per heavy atom. The van der Waals surface area contributed by atoms with Gasteiger partial charge in [0, 0.05) is 11.6 Å². The van der Waals surface area contributed by atoms with Crippen molar-refractivity contribution in [2.75, 3.05) is 0 Å². The molecule has 2 N–H and O–H groups in total. The average molecular weight is 281 g/mol. The number of rotatable bonds is 4. The number of carbonyl (C=O) groups is 1. The number of nitrogens with zero attached hydrogens (tertiary/aromatic N) is 2. The van der Waals surface area contributed by atoms with Crippen LogP contribution in [0.2, 0.25) is 0 Å². The lowest BCUT2D eigenvalue weighted by molar-refractivity contribution is 0.0973. The fourth-order valence-corrected chi connectivity index (χ4v) is 1.74. The summed E-state index contributed by atoms with van der Waals surface area (Å²) in [5, 5.41) is 3.89. The van der Waals surface area contributed by atoms with E-state index in [0.29, 0.717) is 17.5 Å². The van der Waals surface area contributed by atoms with Gasteiger partial charge in [-0.25, -0.2) is 0 Å². The molecule has 1 amide bonds. The summed E-state index contributed by atoms with van der Waals surface area (Å²) in [6.07, 6.45) is 3.22. The fourth-order valence-electron chi connectivity index (χ4n) is 1.74. The Morgan fingerprint density at radius 3 is 2.62 bits per heavy atom. The number of primary amides is 1. The summed E-state index contributed by atoms with van der Waals surface area (Å²) in [6, 6.07) is 12.6. The molecule has 0 spiro atoms. The van der Waals surface area contributed by atoms with Crippen molar-refractivity contribution >= 4 is 18.1 Å². The van der Waals surface area contributed by atoms with Crippen molar-refractivity contribution in [3.05, 3.63) is 59.9 Å². The molecule has 3 rings (SSSR count). The summed E-state index contributed by atoms with van der Waals surface area (Å²) in [6.45, 7) is 0. The minimum absolute atomic E-state index is 0.102. The van der Waals surface area contributed by atoms with Crippen molar-refractivity contribution in [1.82, 2.24) is 10.1 Å². The molecule has 0 saturated carbocycles. The highest BCUT2D eigenvalue weighted by molar-refractivity contribution is 5.90. The molecule has 0 saturated heterocycles. The molecule has 0 aliphatic heterocycles. The van der Waals surface area contributed by atoms with Crippen molar-refractivity contribution in [2.24, 2.45) is 5.73 Å². The monoisotopic (exact) mass is 281 g/mol. The zero-order valence-electron chi connectivity index (χ0n) is 10.9. The minimum Gasteiger partial charge on any atom is -0.452 e. The van der Waals surface area contributed by atoms with E-state index in [-0.39, 0.29) is 5.76 Å². The van der Waals surface area contributed by atoms with Crippen LogP contribution in [0, 0.1) is 0 Å². The van der Waals surface area contributed by atoms with Gasteiger partial charge in [-0.3, -0.25) is 4.79 Å². The number of nitrogens with two attached hydrogens (primary N) is 1. The fraction of sp³-hybridized carbons (Fsp3) is 0. The molecule has 0 fully saturated rings. The van der Waals surface area contributed by atoms with Gasteiger partial charge in [0.25, 0.3) is 11.8 Å². The minimum atomic E-state index is -0.612. The Bertz CT molecular complexity index is 787. The Balaban J connectivity index is 1.77. The average Bonchev–Trinajstić information content (AvgIpc) is 3.15. The SMILES string of the molecule is NC(=O)c1ccc(/C=C/c2nc(-c3ccccc3)no2)o1. The van der Waals surface area contributed by atoms with Gasteiger partial charge in [-0.05, 0) is 18.2 Å². The molecule has 0 bridgehead atoms. The van der Waals surface area contributed by atoms with Crippen LogP contribution in [-0.2, 0) is 0 Å². The maximum atomic E-state index is 10.9. The topological polar surface area (TPSA) is 95.2 Å². The summed E-state index contributed by atoms with van der Waals surface area (Å²) >= 11 is 0. The van der Waals surface area contributed by atoms with Crippen LogP contribution in [0.5, 0.6) is 0 Å². The highest BCUT2D eigenvalue weighted by Gasteiger charge is 2.07. The highest BCUT2D eigenvalue weighted by Crippen LogP contribution is 2.16. The molecule has 2 heterocycles. The van der Waals surface area contributed by atoms with E-state index in [2.05, 4.69) is 10.1 Å². The predicted octanol–water partition coefficient (Wildman–Crippen LogP) is 2.60. The van der Waals surface area contributed by atoms with E-state index >= 15 is 0 Å². The van der Waals surface area contributed by atoms with Crippen LogP contribution in [0.15, 0.2) is 51.4 Å². The van der Waals surface area contributed by atoms with Gasteiger partial charge >= 0.3 is 0 Å². The molecular formula is C15H11N3O3. The second-order valence-corrected chi connectivity index (χ2v) is 4.22. The highest BCUT2D eigenvalue weighted by atomic mass is 16.5. The molecule has 6 heteroatoms. The zero-order chi connectivity index (χ0) is 14.7. The van der Waals surface area contributed by atoms with E-state index in [0.717, 1.165) is 5.56 Å². The number of benzene rings is 1. The Morgan fingerprint density at radius 2 is 1.90 bits per heavy atom. The first-order valence-corrected chi connectivity index (χ1v) is 6.19. The molecule has 0 unspecified atom stereocenters. The van der Waals surface area contributed by atoms with Gasteiger partial charge in [-0.2, -0.15) is 4.98 Å². The Kier molecular flexibility index (Phi) is 3.34. The van der Waals surface area contributed by atoms with Gasteiger partial charge in [0.15, 0.2) is 5.76 Å². The van der Waals surface area contributed by atoms with Crippen molar-refractivity contribution in [3.63, 3.8) is 0 Å². The normalized spacial score (nSPS) is 11.0. The molecule has 21 heavy (non-hydrogen) atoms. The first-order valence-electron chi connectivity index (χ1n) is 6.19. The molecule has 104 valence electrons. The van der Waals surface area contributed by atoms with Crippen LogP contribution < -0.4 is 5.73 Å². The summed E-state index contributed by atoms with van der Waals surface area (Å²) in [7, 11) is 0. The van der Waals surface area contributed by atoms with Crippen molar-refractivity contribution < 1.29 is 13.7 Å². The first kappa shape index (κ1) is 12.9. The summed E-state index contributed by atoms with van der Waals surface area (Å²) < 4.78 is 10.3. The molecule has 3 aromatic rings. The molecule has 0 aliphatic carbocycles. The quantitative estimate of drug-likeness (QED) is 0.793. The molecule has 0 radical (unpaired) electrons. The number of hydrogen-bond acceptors (Lipinski definition) is 5. The molecule has 6 nitrogen and oxygen atoms in total. The van der Waals surface area contributed by atoms with Gasteiger partial charge in [0.2, 0.25) is 5.82 Å². The molecule has 0 atom stereocenters. The molecular weight excluding hydrogens is 270 g/mol. The third-order valence-electron chi connectivity index (χ3n) is 2.73. The number of aromatic nitrogens is 2. The van der Waals surface area contributed by atoms with E-state index in [1.807, 2.05) is 30.3 Å². The van der Waals surface area contributed by atoms with E-state index in [4.69, 9.17) is 14.7 Å². The Labute approximate surface area is 119 Å². The van der Waals surface area contributed by atoms with Crippen LogP contribution in [0.1, 0.15) is 22.2 Å². The lowest BCUT2D eigenvalue weighted by atomic mass is 10.2. The molecule has 2 aromatic heterocycles. The third-order valence-corrected chi connectivity index (χ3v) is 2.73. The van der Waals surface area contributed by atoms with Crippen LogP contribution in [0.25, 0.3) is 23.5 Å². The third kappa shape index (κ3) is 2.89. The van der Waals surface area contributed by atoms with Gasteiger partial charge in [-0.1, -0.05) is 35.5 Å². The van der Waals surface area contributed by atoms with E-state index < -0.39 is 5.91 Å². The number of amides is 1. The first-order chi connectivity index (χ1) is 10.2. The van der Waals surface area contributed by atoms with E-state index in [1.54, 1.807) is 18.2 Å². The van der Waals surface area contributed by atoms with E-state index in [9.17, 15) is 4.79 Å².